The molecule has 4 aliphatic rings. The molecule has 2 aromatic heterocycles. The predicted molar refractivity (Wildman–Crippen MR) is 120 cm³/mol. The van der Waals surface area contributed by atoms with Crippen molar-refractivity contribution in [2.75, 3.05) is 5.32 Å². The molecule has 0 amide bonds. The minimum absolute atomic E-state index is 0.0942. The van der Waals surface area contributed by atoms with Crippen molar-refractivity contribution in [3.05, 3.63) is 48.1 Å². The quantitative estimate of drug-likeness (QED) is 0.482. The Morgan fingerprint density at radius 2 is 1.88 bits per heavy atom. The molecule has 1 N–H and O–H groups in total. The number of fused-ring (bicyclic) bond motifs is 2. The van der Waals surface area contributed by atoms with Crippen molar-refractivity contribution in [1.82, 2.24) is 15.1 Å². The van der Waals surface area contributed by atoms with E-state index in [1.54, 1.807) is 0 Å². The summed E-state index contributed by atoms with van der Waals surface area (Å²) in [5, 5.41) is 8.14. The first-order valence-electron chi connectivity index (χ1n) is 12.3. The topological polar surface area (TPSA) is 77.0 Å². The van der Waals surface area contributed by atoms with E-state index >= 15 is 0 Å². The fourth-order valence-corrected chi connectivity index (χ4v) is 6.19. The first kappa shape index (κ1) is 18.9. The van der Waals surface area contributed by atoms with Gasteiger partial charge in [-0.25, -0.2) is 4.98 Å². The van der Waals surface area contributed by atoms with Crippen molar-refractivity contribution in [3.63, 3.8) is 0 Å². The third-order valence-corrected chi connectivity index (χ3v) is 8.63. The van der Waals surface area contributed by atoms with Crippen molar-refractivity contribution < 1.29 is 8.94 Å². The van der Waals surface area contributed by atoms with Crippen molar-refractivity contribution in [2.24, 2.45) is 5.41 Å². The van der Waals surface area contributed by atoms with E-state index < -0.39 is 0 Å². The molecule has 0 saturated heterocycles. The molecule has 32 heavy (non-hydrogen) atoms. The lowest BCUT2D eigenvalue weighted by Crippen LogP contribution is -2.35. The monoisotopic (exact) mass is 430 g/mol. The van der Waals surface area contributed by atoms with Crippen LogP contribution >= 0.6 is 0 Å². The molecular weight excluding hydrogens is 400 g/mol. The third kappa shape index (κ3) is 3.02. The Labute approximate surface area is 188 Å². The summed E-state index contributed by atoms with van der Waals surface area (Å²) in [6, 6.07) is 8.94. The Hall–Kier alpha value is -2.63. The Morgan fingerprint density at radius 3 is 2.66 bits per heavy atom. The molecule has 1 unspecified atom stereocenters. The van der Waals surface area contributed by atoms with E-state index in [0.717, 1.165) is 53.9 Å². The average Bonchev–Trinajstić information content (AvgIpc) is 3.64. The Morgan fingerprint density at radius 1 is 1.06 bits per heavy atom. The first-order valence-corrected chi connectivity index (χ1v) is 12.3. The molecule has 4 fully saturated rings. The second kappa shape index (κ2) is 6.69. The van der Waals surface area contributed by atoms with Crippen molar-refractivity contribution in [3.8, 4) is 11.3 Å². The molecule has 6 heteroatoms. The van der Waals surface area contributed by atoms with Gasteiger partial charge in [-0.3, -0.25) is 0 Å². The maximum absolute atomic E-state index is 6.02. The lowest BCUT2D eigenvalue weighted by molar-refractivity contribution is 0.252. The van der Waals surface area contributed by atoms with Gasteiger partial charge in [-0.2, -0.15) is 4.98 Å². The van der Waals surface area contributed by atoms with Crippen LogP contribution in [0.25, 0.3) is 11.3 Å². The molecule has 3 aromatic rings. The zero-order valence-corrected chi connectivity index (χ0v) is 18.6. The summed E-state index contributed by atoms with van der Waals surface area (Å²) >= 11 is 0. The highest BCUT2D eigenvalue weighted by Crippen LogP contribution is 2.63. The molecular formula is C26H30N4O2. The number of aromatic nitrogens is 3. The number of anilines is 1. The summed E-state index contributed by atoms with van der Waals surface area (Å²) in [5.74, 6) is 4.70. The van der Waals surface area contributed by atoms with E-state index in [-0.39, 0.29) is 10.8 Å². The van der Waals surface area contributed by atoms with Crippen molar-refractivity contribution in [1.29, 1.82) is 0 Å². The number of rotatable bonds is 7. The number of hydrogen-bond acceptors (Lipinski definition) is 6. The molecule has 0 spiro atoms. The number of hydrogen-bond donors (Lipinski definition) is 1. The second-order valence-electron chi connectivity index (χ2n) is 10.8. The summed E-state index contributed by atoms with van der Waals surface area (Å²) in [7, 11) is 0. The van der Waals surface area contributed by atoms with Gasteiger partial charge in [0.2, 0.25) is 5.89 Å². The van der Waals surface area contributed by atoms with Crippen LogP contribution in [-0.4, -0.2) is 21.2 Å². The summed E-state index contributed by atoms with van der Waals surface area (Å²) in [4.78, 5) is 9.33. The van der Waals surface area contributed by atoms with E-state index in [2.05, 4.69) is 46.6 Å². The minimum Gasteiger partial charge on any atom is -0.440 e. The molecule has 4 aliphatic carbocycles. The lowest BCUT2D eigenvalue weighted by Gasteiger charge is -2.34. The van der Waals surface area contributed by atoms with E-state index in [9.17, 15) is 0 Å². The lowest BCUT2D eigenvalue weighted by atomic mass is 9.77. The highest BCUT2D eigenvalue weighted by molar-refractivity contribution is 5.63. The number of benzene rings is 1. The molecule has 1 atom stereocenters. The molecule has 4 saturated carbocycles. The highest BCUT2D eigenvalue weighted by atomic mass is 16.5. The highest BCUT2D eigenvalue weighted by Gasteiger charge is 2.59. The largest absolute Gasteiger partial charge is 0.440 e. The van der Waals surface area contributed by atoms with Crippen LogP contribution in [0.3, 0.4) is 0 Å². The van der Waals surface area contributed by atoms with Crippen LogP contribution in [0.4, 0.5) is 5.69 Å². The van der Waals surface area contributed by atoms with E-state index in [0.29, 0.717) is 17.9 Å². The van der Waals surface area contributed by atoms with Crippen LogP contribution in [0.1, 0.15) is 94.2 Å². The summed E-state index contributed by atoms with van der Waals surface area (Å²) in [6.45, 7) is 2.34. The van der Waals surface area contributed by atoms with Crippen LogP contribution < -0.4 is 5.32 Å². The van der Waals surface area contributed by atoms with Gasteiger partial charge < -0.3 is 14.3 Å². The number of nitrogens with one attached hydrogen (secondary N) is 1. The van der Waals surface area contributed by atoms with Crippen LogP contribution in [0, 0.1) is 5.41 Å². The van der Waals surface area contributed by atoms with Gasteiger partial charge in [0.15, 0.2) is 17.5 Å². The molecule has 0 radical (unpaired) electrons. The van der Waals surface area contributed by atoms with E-state index in [4.69, 9.17) is 13.9 Å². The van der Waals surface area contributed by atoms with Gasteiger partial charge in [0, 0.05) is 29.1 Å². The minimum atomic E-state index is 0.0942. The average molecular weight is 431 g/mol. The van der Waals surface area contributed by atoms with Gasteiger partial charge in [0.05, 0.1) is 11.6 Å². The fraction of sp³-hybridized carbons (Fsp3) is 0.577. The molecule has 2 heterocycles. The van der Waals surface area contributed by atoms with Gasteiger partial charge in [0.25, 0.3) is 0 Å². The predicted octanol–water partition coefficient (Wildman–Crippen LogP) is 6.18. The zero-order chi connectivity index (χ0) is 21.3. The molecule has 7 rings (SSSR count). The van der Waals surface area contributed by atoms with Gasteiger partial charge in [-0.05, 0) is 82.3 Å². The number of oxazole rings is 1. The number of nitrogens with zero attached hydrogens (tertiary/aromatic N) is 3. The molecule has 6 nitrogen and oxygen atoms in total. The van der Waals surface area contributed by atoms with Crippen LogP contribution in [0.15, 0.2) is 39.4 Å². The second-order valence-corrected chi connectivity index (χ2v) is 10.8. The maximum Gasteiger partial charge on any atom is 0.232 e. The molecule has 1 aromatic carbocycles. The Balaban J connectivity index is 1.08. The molecule has 2 bridgehead atoms. The van der Waals surface area contributed by atoms with Crippen LogP contribution in [-0.2, 0) is 5.41 Å². The summed E-state index contributed by atoms with van der Waals surface area (Å²) in [6.07, 6.45) is 12.6. The van der Waals surface area contributed by atoms with Crippen molar-refractivity contribution >= 4 is 5.69 Å². The summed E-state index contributed by atoms with van der Waals surface area (Å²) in [5.41, 5.74) is 2.61. The van der Waals surface area contributed by atoms with Gasteiger partial charge in [-0.15, -0.1) is 0 Å². The normalized spacial score (nSPS) is 30.0. The van der Waals surface area contributed by atoms with Gasteiger partial charge in [0.1, 0.15) is 0 Å². The van der Waals surface area contributed by atoms with E-state index in [1.807, 2.05) is 6.20 Å². The smallest absolute Gasteiger partial charge is 0.232 e. The van der Waals surface area contributed by atoms with Crippen molar-refractivity contribution in [2.45, 2.75) is 88.0 Å². The van der Waals surface area contributed by atoms with Crippen LogP contribution in [0.5, 0.6) is 0 Å². The molecule has 166 valence electrons. The van der Waals surface area contributed by atoms with E-state index in [1.165, 1.54) is 38.5 Å². The third-order valence-electron chi connectivity index (χ3n) is 8.63. The summed E-state index contributed by atoms with van der Waals surface area (Å²) < 4.78 is 11.8. The first-order chi connectivity index (χ1) is 15.6. The Kier molecular flexibility index (Phi) is 3.95. The SMILES string of the molecule is CC(Nc1cccc(-c2cnc(C3CC3)o2)c1)C12CCC(c3nc(C4CC4)no3)(CC1)C2. The maximum atomic E-state index is 6.02. The molecule has 0 aliphatic heterocycles. The van der Waals surface area contributed by atoms with Gasteiger partial charge in [-0.1, -0.05) is 17.3 Å². The fourth-order valence-electron chi connectivity index (χ4n) is 6.19. The van der Waals surface area contributed by atoms with Crippen LogP contribution in [0.2, 0.25) is 0 Å². The zero-order valence-electron chi connectivity index (χ0n) is 18.6. The Bertz CT molecular complexity index is 1150. The van der Waals surface area contributed by atoms with Gasteiger partial charge >= 0.3 is 0 Å². The standard InChI is InChI=1S/C26H30N4O2/c1-16(28-20-4-2-3-19(13-20)21-14-27-23(31-21)18-7-8-18)25-9-11-26(15-25,12-10-25)24-29-22(30-32-24)17-5-6-17/h2-4,13-14,16-18,28H,5-12,15H2,1H3.